The lowest BCUT2D eigenvalue weighted by Gasteiger charge is -2.16. The quantitative estimate of drug-likeness (QED) is 0.806. The van der Waals surface area contributed by atoms with Crippen molar-refractivity contribution in [2.24, 2.45) is 0 Å². The van der Waals surface area contributed by atoms with Crippen LogP contribution in [0.2, 0.25) is 0 Å². The van der Waals surface area contributed by atoms with Gasteiger partial charge >= 0.3 is 0 Å². The van der Waals surface area contributed by atoms with Gasteiger partial charge in [-0.15, -0.1) is 0 Å². The highest BCUT2D eigenvalue weighted by atomic mass is 79.9. The van der Waals surface area contributed by atoms with Crippen molar-refractivity contribution in [1.29, 1.82) is 0 Å². The van der Waals surface area contributed by atoms with Gasteiger partial charge in [-0.25, -0.2) is 0 Å². The second-order valence-corrected chi connectivity index (χ2v) is 5.21. The van der Waals surface area contributed by atoms with E-state index in [4.69, 9.17) is 4.74 Å². The number of nitrogens with one attached hydrogen (secondary N) is 1. The van der Waals surface area contributed by atoms with Crippen LogP contribution in [0.4, 0.5) is 0 Å². The van der Waals surface area contributed by atoms with Crippen LogP contribution in [0.25, 0.3) is 0 Å². The molecule has 3 heteroatoms. The Hall–Kier alpha value is -1.32. The first-order chi connectivity index (χ1) is 9.27. The molecule has 0 bridgehead atoms. The fraction of sp³-hybridized carbons (Fsp3) is 0.250. The Balaban J connectivity index is 1.76. The van der Waals surface area contributed by atoms with Crippen LogP contribution in [0.5, 0.6) is 5.75 Å². The molecular formula is C16H18BrNO. The van der Waals surface area contributed by atoms with Crippen molar-refractivity contribution < 1.29 is 4.74 Å². The molecule has 0 saturated carbocycles. The summed E-state index contributed by atoms with van der Waals surface area (Å²) in [4.78, 5) is 0. The Morgan fingerprint density at radius 2 is 1.74 bits per heavy atom. The van der Waals surface area contributed by atoms with Gasteiger partial charge in [-0.2, -0.15) is 0 Å². The van der Waals surface area contributed by atoms with Gasteiger partial charge in [0, 0.05) is 17.1 Å². The highest BCUT2D eigenvalue weighted by Crippen LogP contribution is 2.22. The van der Waals surface area contributed by atoms with Gasteiger partial charge in [0.05, 0.1) is 0 Å². The second kappa shape index (κ2) is 7.31. The average molecular weight is 320 g/mol. The van der Waals surface area contributed by atoms with Gasteiger partial charge < -0.3 is 10.1 Å². The summed E-state index contributed by atoms with van der Waals surface area (Å²) < 4.78 is 6.79. The number of halogens is 1. The van der Waals surface area contributed by atoms with Gasteiger partial charge in [-0.05, 0) is 30.7 Å². The molecule has 0 heterocycles. The van der Waals surface area contributed by atoms with E-state index in [2.05, 4.69) is 46.4 Å². The molecule has 0 aliphatic heterocycles. The Morgan fingerprint density at radius 3 is 2.47 bits per heavy atom. The average Bonchev–Trinajstić information content (AvgIpc) is 2.45. The fourth-order valence-electron chi connectivity index (χ4n) is 1.90. The van der Waals surface area contributed by atoms with E-state index in [1.807, 2.05) is 36.4 Å². The van der Waals surface area contributed by atoms with Gasteiger partial charge in [-0.1, -0.05) is 52.3 Å². The van der Waals surface area contributed by atoms with E-state index < -0.39 is 0 Å². The number of ether oxygens (including phenoxy) is 1. The first-order valence-electron chi connectivity index (χ1n) is 6.43. The molecule has 2 rings (SSSR count). The van der Waals surface area contributed by atoms with Crippen LogP contribution in [0.3, 0.4) is 0 Å². The van der Waals surface area contributed by atoms with Crippen molar-refractivity contribution in [3.05, 3.63) is 64.6 Å². The third-order valence-electron chi connectivity index (χ3n) is 2.94. The molecule has 0 amide bonds. The highest BCUT2D eigenvalue weighted by Gasteiger charge is 2.07. The predicted molar refractivity (Wildman–Crippen MR) is 82.5 cm³/mol. The maximum Gasteiger partial charge on any atom is 0.119 e. The SMILES string of the molecule is C[C@H](NCCOc1ccccc1)c1ccccc1Br. The summed E-state index contributed by atoms with van der Waals surface area (Å²) in [6.07, 6.45) is 0. The molecule has 2 nitrogen and oxygen atoms in total. The molecule has 2 aromatic carbocycles. The minimum Gasteiger partial charge on any atom is -0.492 e. The lowest BCUT2D eigenvalue weighted by Crippen LogP contribution is -2.24. The highest BCUT2D eigenvalue weighted by molar-refractivity contribution is 9.10. The summed E-state index contributed by atoms with van der Waals surface area (Å²) in [5.41, 5.74) is 1.27. The molecule has 0 radical (unpaired) electrons. The molecule has 0 aliphatic rings. The predicted octanol–water partition coefficient (Wildman–Crippen LogP) is 4.18. The molecule has 0 spiro atoms. The van der Waals surface area contributed by atoms with Crippen molar-refractivity contribution in [1.82, 2.24) is 5.32 Å². The van der Waals surface area contributed by atoms with Crippen LogP contribution in [-0.4, -0.2) is 13.2 Å². The summed E-state index contributed by atoms with van der Waals surface area (Å²) in [6, 6.07) is 18.5. The fourth-order valence-corrected chi connectivity index (χ4v) is 2.53. The standard InChI is InChI=1S/C16H18BrNO/c1-13(15-9-5-6-10-16(15)17)18-11-12-19-14-7-3-2-4-8-14/h2-10,13,18H,11-12H2,1H3/t13-/m0/s1. The van der Waals surface area contributed by atoms with Gasteiger partial charge in [0.25, 0.3) is 0 Å². The second-order valence-electron chi connectivity index (χ2n) is 4.36. The van der Waals surface area contributed by atoms with E-state index in [0.29, 0.717) is 12.6 Å². The molecule has 19 heavy (non-hydrogen) atoms. The zero-order valence-corrected chi connectivity index (χ0v) is 12.6. The molecule has 0 aliphatic carbocycles. The zero-order valence-electron chi connectivity index (χ0n) is 11.0. The van der Waals surface area contributed by atoms with Crippen LogP contribution in [-0.2, 0) is 0 Å². The summed E-state index contributed by atoms with van der Waals surface area (Å²) >= 11 is 3.57. The molecule has 0 fully saturated rings. The van der Waals surface area contributed by atoms with Crippen LogP contribution >= 0.6 is 15.9 Å². The molecule has 2 aromatic rings. The number of benzene rings is 2. The van der Waals surface area contributed by atoms with Crippen LogP contribution in [0.15, 0.2) is 59.1 Å². The Bertz CT molecular complexity index is 501. The van der Waals surface area contributed by atoms with E-state index in [9.17, 15) is 0 Å². The van der Waals surface area contributed by atoms with Crippen molar-refractivity contribution in [3.8, 4) is 5.75 Å². The van der Waals surface area contributed by atoms with Crippen LogP contribution in [0, 0.1) is 0 Å². The molecular weight excluding hydrogens is 302 g/mol. The third-order valence-corrected chi connectivity index (χ3v) is 3.66. The molecule has 100 valence electrons. The molecule has 0 aromatic heterocycles. The summed E-state index contributed by atoms with van der Waals surface area (Å²) in [5.74, 6) is 0.915. The maximum absolute atomic E-state index is 5.65. The smallest absolute Gasteiger partial charge is 0.119 e. The van der Waals surface area contributed by atoms with E-state index in [0.717, 1.165) is 16.8 Å². The van der Waals surface area contributed by atoms with Gasteiger partial charge in [0.2, 0.25) is 0 Å². The lowest BCUT2D eigenvalue weighted by atomic mass is 10.1. The first-order valence-corrected chi connectivity index (χ1v) is 7.22. The topological polar surface area (TPSA) is 21.3 Å². The summed E-state index contributed by atoms with van der Waals surface area (Å²) in [7, 11) is 0. The number of para-hydroxylation sites is 1. The van der Waals surface area contributed by atoms with Crippen molar-refractivity contribution in [2.75, 3.05) is 13.2 Å². The molecule has 1 atom stereocenters. The van der Waals surface area contributed by atoms with Gasteiger partial charge in [0.15, 0.2) is 0 Å². The van der Waals surface area contributed by atoms with Crippen molar-refractivity contribution in [2.45, 2.75) is 13.0 Å². The molecule has 0 unspecified atom stereocenters. The van der Waals surface area contributed by atoms with E-state index >= 15 is 0 Å². The summed E-state index contributed by atoms with van der Waals surface area (Å²) in [5, 5.41) is 3.45. The number of hydrogen-bond donors (Lipinski definition) is 1. The molecule has 0 saturated heterocycles. The zero-order chi connectivity index (χ0) is 13.5. The Kier molecular flexibility index (Phi) is 5.43. The maximum atomic E-state index is 5.65. The number of hydrogen-bond acceptors (Lipinski definition) is 2. The Morgan fingerprint density at radius 1 is 1.05 bits per heavy atom. The minimum absolute atomic E-state index is 0.301. The van der Waals surface area contributed by atoms with Crippen molar-refractivity contribution in [3.63, 3.8) is 0 Å². The van der Waals surface area contributed by atoms with E-state index in [1.165, 1.54) is 5.56 Å². The minimum atomic E-state index is 0.301. The summed E-state index contributed by atoms with van der Waals surface area (Å²) in [6.45, 7) is 3.64. The Labute approximate surface area is 122 Å². The van der Waals surface area contributed by atoms with E-state index in [-0.39, 0.29) is 0 Å². The lowest BCUT2D eigenvalue weighted by molar-refractivity contribution is 0.307. The van der Waals surface area contributed by atoms with Crippen molar-refractivity contribution >= 4 is 15.9 Å². The van der Waals surface area contributed by atoms with Crippen LogP contribution < -0.4 is 10.1 Å². The third kappa shape index (κ3) is 4.37. The largest absolute Gasteiger partial charge is 0.492 e. The molecule has 1 N–H and O–H groups in total. The van der Waals surface area contributed by atoms with Gasteiger partial charge in [0.1, 0.15) is 12.4 Å². The van der Waals surface area contributed by atoms with Gasteiger partial charge in [-0.3, -0.25) is 0 Å². The first kappa shape index (κ1) is 14.1. The van der Waals surface area contributed by atoms with Crippen LogP contribution in [0.1, 0.15) is 18.5 Å². The number of rotatable bonds is 6. The normalized spacial score (nSPS) is 12.1. The van der Waals surface area contributed by atoms with E-state index in [1.54, 1.807) is 0 Å². The monoisotopic (exact) mass is 319 g/mol.